The molecule has 5 rings (SSSR count). The van der Waals surface area contributed by atoms with Crippen molar-refractivity contribution in [3.63, 3.8) is 0 Å². The number of hydrogen-bond acceptors (Lipinski definition) is 4. The second-order valence-electron chi connectivity index (χ2n) is 8.90. The fourth-order valence-electron chi connectivity index (χ4n) is 4.86. The molecule has 2 N–H and O–H groups in total. The standard InChI is InChI=1S/C27H23FN4O2/c28-23-14-20(9-11-22(23)26-31-24-12-10-21(15-29)30-27(24)32-26)19-7-5-18(6-8-19)17-3-1-16(2-4-17)13-25(33)34/h5-12,14,16-17H,1-4,13H2,(H,33,34)(H,30,31,32). The Hall–Kier alpha value is -4.05. The summed E-state index contributed by atoms with van der Waals surface area (Å²) >= 11 is 0. The second kappa shape index (κ2) is 9.06. The van der Waals surface area contributed by atoms with Gasteiger partial charge in [0, 0.05) is 6.42 Å². The molecule has 0 spiro atoms. The van der Waals surface area contributed by atoms with E-state index in [9.17, 15) is 4.79 Å². The predicted octanol–water partition coefficient (Wildman–Crippen LogP) is 6.05. The third kappa shape index (κ3) is 4.40. The van der Waals surface area contributed by atoms with Gasteiger partial charge in [0.1, 0.15) is 23.4 Å². The van der Waals surface area contributed by atoms with Crippen molar-refractivity contribution in [2.45, 2.75) is 38.0 Å². The van der Waals surface area contributed by atoms with Gasteiger partial charge < -0.3 is 10.1 Å². The molecule has 0 radical (unpaired) electrons. The van der Waals surface area contributed by atoms with Crippen molar-refractivity contribution in [3.8, 4) is 28.6 Å². The lowest BCUT2D eigenvalue weighted by atomic mass is 9.77. The summed E-state index contributed by atoms with van der Waals surface area (Å²) in [5, 5.41) is 18.0. The Morgan fingerprint density at radius 1 is 1.03 bits per heavy atom. The number of imidazole rings is 1. The maximum absolute atomic E-state index is 15.0. The molecule has 1 fully saturated rings. The van der Waals surface area contributed by atoms with Crippen LogP contribution in [0.2, 0.25) is 0 Å². The maximum atomic E-state index is 15.0. The average molecular weight is 455 g/mol. The van der Waals surface area contributed by atoms with Gasteiger partial charge in [0.05, 0.1) is 11.1 Å². The Bertz CT molecular complexity index is 1400. The van der Waals surface area contributed by atoms with Crippen molar-refractivity contribution in [2.24, 2.45) is 5.92 Å². The van der Waals surface area contributed by atoms with Gasteiger partial charge in [0.2, 0.25) is 0 Å². The molecule has 170 valence electrons. The first kappa shape index (κ1) is 21.8. The third-order valence-corrected chi connectivity index (χ3v) is 6.71. The molecule has 0 amide bonds. The molecule has 2 heterocycles. The number of H-pyrrole nitrogens is 1. The normalized spacial score (nSPS) is 18.0. The van der Waals surface area contributed by atoms with Gasteiger partial charge in [-0.15, -0.1) is 0 Å². The smallest absolute Gasteiger partial charge is 0.303 e. The molecular weight excluding hydrogens is 431 g/mol. The Morgan fingerprint density at radius 3 is 2.44 bits per heavy atom. The zero-order valence-electron chi connectivity index (χ0n) is 18.5. The van der Waals surface area contributed by atoms with Gasteiger partial charge in [0.15, 0.2) is 5.65 Å². The highest BCUT2D eigenvalue weighted by Gasteiger charge is 2.24. The summed E-state index contributed by atoms with van der Waals surface area (Å²) in [5.41, 5.74) is 4.59. The Balaban J connectivity index is 1.32. The lowest BCUT2D eigenvalue weighted by Crippen LogP contribution is -2.16. The van der Waals surface area contributed by atoms with Crippen molar-refractivity contribution in [2.75, 3.05) is 0 Å². The van der Waals surface area contributed by atoms with Crippen molar-refractivity contribution < 1.29 is 14.3 Å². The van der Waals surface area contributed by atoms with Crippen molar-refractivity contribution in [3.05, 3.63) is 71.7 Å². The van der Waals surface area contributed by atoms with Gasteiger partial charge in [-0.2, -0.15) is 5.26 Å². The first-order valence-electron chi connectivity index (χ1n) is 11.4. The number of benzene rings is 2. The topological polar surface area (TPSA) is 103 Å². The molecule has 2 aromatic heterocycles. The summed E-state index contributed by atoms with van der Waals surface area (Å²) in [7, 11) is 0. The van der Waals surface area contributed by atoms with Crippen LogP contribution in [0.15, 0.2) is 54.6 Å². The van der Waals surface area contributed by atoms with E-state index in [1.54, 1.807) is 18.2 Å². The summed E-state index contributed by atoms with van der Waals surface area (Å²) in [6.45, 7) is 0. The van der Waals surface area contributed by atoms with Gasteiger partial charge in [-0.3, -0.25) is 4.79 Å². The minimum absolute atomic E-state index is 0.262. The van der Waals surface area contributed by atoms with Crippen molar-refractivity contribution >= 4 is 17.1 Å². The fourth-order valence-corrected chi connectivity index (χ4v) is 4.86. The number of nitrogens with zero attached hydrogens (tertiary/aromatic N) is 3. The van der Waals surface area contributed by atoms with Gasteiger partial charge in [-0.25, -0.2) is 14.4 Å². The highest BCUT2D eigenvalue weighted by Crippen LogP contribution is 2.38. The number of hydrogen-bond donors (Lipinski definition) is 2. The number of carboxylic acids is 1. The molecule has 0 atom stereocenters. The number of pyridine rings is 1. The number of aromatic amines is 1. The minimum atomic E-state index is -0.712. The Labute approximate surface area is 196 Å². The van der Waals surface area contributed by atoms with Crippen LogP contribution in [0.5, 0.6) is 0 Å². The van der Waals surface area contributed by atoms with E-state index in [0.717, 1.165) is 36.8 Å². The zero-order chi connectivity index (χ0) is 23.7. The van der Waals surface area contributed by atoms with Crippen LogP contribution in [0, 0.1) is 23.1 Å². The molecule has 4 aromatic rings. The number of nitrogens with one attached hydrogen (secondary N) is 1. The summed E-state index contributed by atoms with van der Waals surface area (Å²) in [4.78, 5) is 22.5. The third-order valence-electron chi connectivity index (χ3n) is 6.71. The fraction of sp³-hybridized carbons (Fsp3) is 0.259. The van der Waals surface area contributed by atoms with Crippen LogP contribution in [-0.2, 0) is 4.79 Å². The van der Waals surface area contributed by atoms with Crippen LogP contribution in [0.4, 0.5) is 4.39 Å². The number of halogens is 1. The molecule has 34 heavy (non-hydrogen) atoms. The first-order chi connectivity index (χ1) is 16.5. The maximum Gasteiger partial charge on any atom is 0.303 e. The molecule has 1 aliphatic rings. The molecule has 2 aromatic carbocycles. The molecular formula is C27H23FN4O2. The van der Waals surface area contributed by atoms with E-state index in [1.807, 2.05) is 24.3 Å². The monoisotopic (exact) mass is 454 g/mol. The van der Waals surface area contributed by atoms with E-state index in [-0.39, 0.29) is 18.0 Å². The van der Waals surface area contributed by atoms with Crippen LogP contribution >= 0.6 is 0 Å². The molecule has 0 unspecified atom stereocenters. The highest BCUT2D eigenvalue weighted by molar-refractivity contribution is 5.77. The van der Waals surface area contributed by atoms with Crippen LogP contribution in [0.3, 0.4) is 0 Å². The largest absolute Gasteiger partial charge is 0.481 e. The van der Waals surface area contributed by atoms with Crippen LogP contribution in [0.1, 0.15) is 49.3 Å². The number of aromatic nitrogens is 3. The van der Waals surface area contributed by atoms with Crippen molar-refractivity contribution in [1.29, 1.82) is 5.26 Å². The molecule has 0 saturated heterocycles. The summed E-state index contributed by atoms with van der Waals surface area (Å²) in [5.74, 6) is -0.00328. The van der Waals surface area contributed by atoms with Gasteiger partial charge in [-0.1, -0.05) is 30.3 Å². The van der Waals surface area contributed by atoms with Crippen molar-refractivity contribution in [1.82, 2.24) is 15.0 Å². The van der Waals surface area contributed by atoms with Crippen LogP contribution in [0.25, 0.3) is 33.7 Å². The van der Waals surface area contributed by atoms with Crippen LogP contribution in [-0.4, -0.2) is 26.0 Å². The lowest BCUT2D eigenvalue weighted by molar-refractivity contribution is -0.138. The SMILES string of the molecule is N#Cc1ccc2[nH]c(-c3ccc(-c4ccc(C5CCC(CC(=O)O)CC5)cc4)cc3F)nc2n1. The molecule has 0 bridgehead atoms. The summed E-state index contributed by atoms with van der Waals surface area (Å²) in [6, 6.07) is 18.6. The molecule has 0 aliphatic heterocycles. The number of carbonyl (C=O) groups is 1. The molecule has 7 heteroatoms. The quantitative estimate of drug-likeness (QED) is 0.382. The summed E-state index contributed by atoms with van der Waals surface area (Å²) in [6.07, 6.45) is 4.16. The highest BCUT2D eigenvalue weighted by atomic mass is 19.1. The van der Waals surface area contributed by atoms with Gasteiger partial charge in [0.25, 0.3) is 0 Å². The predicted molar refractivity (Wildman–Crippen MR) is 126 cm³/mol. The van der Waals surface area contributed by atoms with E-state index in [2.05, 4.69) is 27.1 Å². The number of aliphatic carboxylic acids is 1. The number of fused-ring (bicyclic) bond motifs is 1. The number of rotatable bonds is 5. The van der Waals surface area contributed by atoms with Gasteiger partial charge in [-0.05, 0) is 78.5 Å². The minimum Gasteiger partial charge on any atom is -0.481 e. The Kier molecular flexibility index (Phi) is 5.81. The molecule has 1 aliphatic carbocycles. The first-order valence-corrected chi connectivity index (χ1v) is 11.4. The number of nitriles is 1. The Morgan fingerprint density at radius 2 is 1.76 bits per heavy atom. The number of carboxylic acid groups (broad SMARTS) is 1. The van der Waals surface area contributed by atoms with Crippen LogP contribution < -0.4 is 0 Å². The molecule has 1 saturated carbocycles. The van der Waals surface area contributed by atoms with E-state index in [4.69, 9.17) is 10.4 Å². The van der Waals surface area contributed by atoms with E-state index in [1.165, 1.54) is 11.6 Å². The zero-order valence-corrected chi connectivity index (χ0v) is 18.5. The molecule has 6 nitrogen and oxygen atoms in total. The van der Waals surface area contributed by atoms with E-state index in [0.29, 0.717) is 28.5 Å². The lowest BCUT2D eigenvalue weighted by Gasteiger charge is -2.28. The second-order valence-corrected chi connectivity index (χ2v) is 8.90. The average Bonchev–Trinajstić information content (AvgIpc) is 3.27. The van der Waals surface area contributed by atoms with Gasteiger partial charge >= 0.3 is 5.97 Å². The van der Waals surface area contributed by atoms with E-state index < -0.39 is 11.8 Å². The van der Waals surface area contributed by atoms with E-state index >= 15 is 4.39 Å². The summed E-state index contributed by atoms with van der Waals surface area (Å²) < 4.78 is 15.0.